The normalized spacial score (nSPS) is 21.5. The van der Waals surface area contributed by atoms with Gasteiger partial charge in [0, 0.05) is 11.4 Å². The third-order valence-corrected chi connectivity index (χ3v) is 7.08. The van der Waals surface area contributed by atoms with Crippen LogP contribution >= 0.6 is 11.3 Å². The van der Waals surface area contributed by atoms with Crippen molar-refractivity contribution in [2.45, 2.75) is 44.6 Å². The molecule has 1 aliphatic carbocycles. The van der Waals surface area contributed by atoms with Crippen molar-refractivity contribution in [2.75, 3.05) is 18.1 Å². The summed E-state index contributed by atoms with van der Waals surface area (Å²) in [6.45, 7) is 0.348. The zero-order valence-corrected chi connectivity index (χ0v) is 15.1. The second-order valence-corrected chi connectivity index (χ2v) is 9.34. The molecule has 1 atom stereocenters. The number of hydrogen-bond acceptors (Lipinski definition) is 5. The lowest BCUT2D eigenvalue weighted by atomic mass is 10.0. The summed E-state index contributed by atoms with van der Waals surface area (Å²) < 4.78 is 25.1. The first kappa shape index (κ1) is 17.4. The van der Waals surface area contributed by atoms with Gasteiger partial charge in [-0.2, -0.15) is 4.31 Å². The number of primary amides is 1. The Morgan fingerprint density at radius 3 is 2.67 bits per heavy atom. The topological polar surface area (TPSA) is 110 Å². The zero-order valence-electron chi connectivity index (χ0n) is 13.5. The molecule has 1 aliphatic heterocycles. The fourth-order valence-corrected chi connectivity index (χ4v) is 5.93. The van der Waals surface area contributed by atoms with E-state index >= 15 is 0 Å². The highest BCUT2D eigenvalue weighted by atomic mass is 32.2. The van der Waals surface area contributed by atoms with Gasteiger partial charge in [0.25, 0.3) is 5.91 Å². The number of piperidine rings is 1. The van der Waals surface area contributed by atoms with E-state index in [1.165, 1.54) is 15.6 Å². The number of aryl methyl sites for hydroxylation is 1. The highest BCUT2D eigenvalue weighted by Crippen LogP contribution is 2.39. The molecule has 7 nitrogen and oxygen atoms in total. The quantitative estimate of drug-likeness (QED) is 0.825. The van der Waals surface area contributed by atoms with E-state index in [1.807, 2.05) is 0 Å². The van der Waals surface area contributed by atoms with Gasteiger partial charge >= 0.3 is 0 Å². The maximum atomic E-state index is 12.7. The molecule has 24 heavy (non-hydrogen) atoms. The monoisotopic (exact) mass is 371 g/mol. The van der Waals surface area contributed by atoms with Crippen molar-refractivity contribution in [1.82, 2.24) is 4.31 Å². The molecule has 2 amide bonds. The molecule has 1 aromatic rings. The second-order valence-electron chi connectivity index (χ2n) is 6.30. The van der Waals surface area contributed by atoms with Gasteiger partial charge in [-0.15, -0.1) is 11.3 Å². The molecule has 3 rings (SSSR count). The Bertz CT molecular complexity index is 785. The second kappa shape index (κ2) is 6.45. The number of nitrogens with one attached hydrogen (secondary N) is 1. The van der Waals surface area contributed by atoms with Gasteiger partial charge < -0.3 is 11.1 Å². The van der Waals surface area contributed by atoms with Crippen molar-refractivity contribution in [3.05, 3.63) is 16.0 Å². The van der Waals surface area contributed by atoms with Gasteiger partial charge in [-0.1, -0.05) is 6.42 Å². The summed E-state index contributed by atoms with van der Waals surface area (Å²) in [6, 6.07) is -0.730. The molecule has 9 heteroatoms. The van der Waals surface area contributed by atoms with E-state index in [2.05, 4.69) is 5.32 Å². The average molecular weight is 371 g/mol. The molecule has 0 saturated carbocycles. The third kappa shape index (κ3) is 3.20. The van der Waals surface area contributed by atoms with Gasteiger partial charge in [0.2, 0.25) is 15.9 Å². The van der Waals surface area contributed by atoms with Gasteiger partial charge in [-0.25, -0.2) is 8.42 Å². The van der Waals surface area contributed by atoms with Crippen LogP contribution in [0.15, 0.2) is 0 Å². The number of sulfonamides is 1. The minimum Gasteiger partial charge on any atom is -0.365 e. The van der Waals surface area contributed by atoms with Crippen LogP contribution in [-0.2, 0) is 27.7 Å². The molecule has 0 radical (unpaired) electrons. The third-order valence-electron chi connectivity index (χ3n) is 4.59. The maximum Gasteiger partial charge on any atom is 0.251 e. The molecular weight excluding hydrogens is 350 g/mol. The molecular formula is C15H21N3O4S2. The van der Waals surface area contributed by atoms with E-state index in [4.69, 9.17) is 5.73 Å². The van der Waals surface area contributed by atoms with Gasteiger partial charge in [0.15, 0.2) is 0 Å². The summed E-state index contributed by atoms with van der Waals surface area (Å²) in [5.74, 6) is -0.934. The summed E-state index contributed by atoms with van der Waals surface area (Å²) in [4.78, 5) is 25.5. The van der Waals surface area contributed by atoms with Gasteiger partial charge in [0.1, 0.15) is 11.0 Å². The highest BCUT2D eigenvalue weighted by Gasteiger charge is 2.35. The molecule has 1 unspecified atom stereocenters. The van der Waals surface area contributed by atoms with Crippen LogP contribution in [0.2, 0.25) is 0 Å². The summed E-state index contributed by atoms with van der Waals surface area (Å²) in [5, 5.41) is 3.22. The lowest BCUT2D eigenvalue weighted by molar-refractivity contribution is -0.120. The Labute approximate surface area is 145 Å². The smallest absolute Gasteiger partial charge is 0.251 e. The van der Waals surface area contributed by atoms with Crippen LogP contribution in [0.1, 0.15) is 46.5 Å². The van der Waals surface area contributed by atoms with Crippen LogP contribution in [0.4, 0.5) is 5.00 Å². The van der Waals surface area contributed by atoms with Crippen molar-refractivity contribution in [2.24, 2.45) is 5.73 Å². The Morgan fingerprint density at radius 2 is 2.00 bits per heavy atom. The molecule has 0 bridgehead atoms. The molecule has 3 N–H and O–H groups in total. The highest BCUT2D eigenvalue weighted by molar-refractivity contribution is 7.88. The van der Waals surface area contributed by atoms with E-state index in [0.29, 0.717) is 23.5 Å². The Kier molecular flexibility index (Phi) is 4.67. The number of nitrogens with two attached hydrogens (primary N) is 1. The minimum absolute atomic E-state index is 0.348. The summed E-state index contributed by atoms with van der Waals surface area (Å²) in [7, 11) is -3.45. The van der Waals surface area contributed by atoms with Crippen molar-refractivity contribution in [3.63, 3.8) is 0 Å². The molecule has 132 valence electrons. The van der Waals surface area contributed by atoms with Gasteiger partial charge in [-0.3, -0.25) is 9.59 Å². The van der Waals surface area contributed by atoms with E-state index in [-0.39, 0.29) is 5.91 Å². The molecule has 1 aromatic heterocycles. The van der Waals surface area contributed by atoms with Crippen LogP contribution in [0.25, 0.3) is 0 Å². The number of rotatable bonds is 4. The standard InChI is InChI=1S/C15H21N3O4S2/c1-24(21,22)18-8-3-2-6-10(18)14(20)17-15-12(13(16)19)9-5-4-7-11(9)23-15/h10H,2-8H2,1H3,(H2,16,19)(H,17,20). The fourth-order valence-electron chi connectivity index (χ4n) is 3.51. The van der Waals surface area contributed by atoms with E-state index in [1.54, 1.807) is 0 Å². The van der Waals surface area contributed by atoms with E-state index < -0.39 is 22.0 Å². The molecule has 0 aromatic carbocycles. The Morgan fingerprint density at radius 1 is 1.25 bits per heavy atom. The number of nitrogens with zero attached hydrogens (tertiary/aromatic N) is 1. The number of carbonyl (C=O) groups excluding carboxylic acids is 2. The molecule has 1 fully saturated rings. The molecule has 0 spiro atoms. The largest absolute Gasteiger partial charge is 0.365 e. The summed E-state index contributed by atoms with van der Waals surface area (Å²) >= 11 is 1.38. The number of hydrogen-bond donors (Lipinski definition) is 2. The molecule has 1 saturated heterocycles. The van der Waals surface area contributed by atoms with Crippen molar-refractivity contribution in [1.29, 1.82) is 0 Å². The first-order valence-corrected chi connectivity index (χ1v) is 10.7. The predicted molar refractivity (Wildman–Crippen MR) is 92.7 cm³/mol. The van der Waals surface area contributed by atoms with Gasteiger partial charge in [0.05, 0.1) is 11.8 Å². The fraction of sp³-hybridized carbons (Fsp3) is 0.600. The van der Waals surface area contributed by atoms with E-state index in [0.717, 1.165) is 48.8 Å². The van der Waals surface area contributed by atoms with Crippen LogP contribution in [-0.4, -0.2) is 43.4 Å². The number of carbonyl (C=O) groups is 2. The number of fused-ring (bicyclic) bond motifs is 1. The average Bonchev–Trinajstić information content (AvgIpc) is 3.06. The van der Waals surface area contributed by atoms with Crippen molar-refractivity contribution >= 4 is 38.2 Å². The Balaban J connectivity index is 1.86. The lowest BCUT2D eigenvalue weighted by Crippen LogP contribution is -2.49. The first-order valence-electron chi connectivity index (χ1n) is 8.01. The summed E-state index contributed by atoms with van der Waals surface area (Å²) in [6.07, 6.45) is 5.81. The Hall–Kier alpha value is -1.45. The summed E-state index contributed by atoms with van der Waals surface area (Å²) in [5.41, 5.74) is 6.82. The van der Waals surface area contributed by atoms with Crippen molar-refractivity contribution in [3.8, 4) is 0 Å². The maximum absolute atomic E-state index is 12.7. The number of thiophene rings is 1. The molecule has 2 aliphatic rings. The lowest BCUT2D eigenvalue weighted by Gasteiger charge is -2.32. The molecule has 2 heterocycles. The van der Waals surface area contributed by atoms with Crippen LogP contribution in [0, 0.1) is 0 Å². The van der Waals surface area contributed by atoms with Crippen molar-refractivity contribution < 1.29 is 18.0 Å². The number of anilines is 1. The van der Waals surface area contributed by atoms with Crippen LogP contribution in [0.3, 0.4) is 0 Å². The van der Waals surface area contributed by atoms with Crippen LogP contribution < -0.4 is 11.1 Å². The number of amides is 2. The first-order chi connectivity index (χ1) is 11.3. The van der Waals surface area contributed by atoms with Gasteiger partial charge in [-0.05, 0) is 37.7 Å². The SMILES string of the molecule is CS(=O)(=O)N1CCCCC1C(=O)Nc1sc2c(c1C(N)=O)CCC2. The zero-order chi connectivity index (χ0) is 17.5. The van der Waals surface area contributed by atoms with Crippen LogP contribution in [0.5, 0.6) is 0 Å². The minimum atomic E-state index is -3.45. The predicted octanol–water partition coefficient (Wildman–Crippen LogP) is 1.09. The van der Waals surface area contributed by atoms with E-state index in [9.17, 15) is 18.0 Å².